The van der Waals surface area contributed by atoms with Crippen LogP contribution >= 0.6 is 0 Å². The molecule has 0 bridgehead atoms. The maximum absolute atomic E-state index is 13.2. The van der Waals surface area contributed by atoms with Crippen LogP contribution in [0.25, 0.3) is 0 Å². The zero-order valence-electron chi connectivity index (χ0n) is 9.17. The lowest BCUT2D eigenvalue weighted by molar-refractivity contribution is -0.276. The Morgan fingerprint density at radius 2 is 1.82 bits per heavy atom. The van der Waals surface area contributed by atoms with E-state index in [-0.39, 0.29) is 5.56 Å². The Labute approximate surface area is 97.5 Å². The highest BCUT2D eigenvalue weighted by atomic mass is 19.4. The van der Waals surface area contributed by atoms with Crippen LogP contribution in [-0.4, -0.2) is 23.9 Å². The minimum absolute atomic E-state index is 0.105. The molecule has 94 valence electrons. The first-order chi connectivity index (χ1) is 7.96. The van der Waals surface area contributed by atoms with Crippen LogP contribution in [0.3, 0.4) is 0 Å². The molecule has 1 aliphatic heterocycles. The van der Waals surface area contributed by atoms with Crippen molar-refractivity contribution in [1.29, 1.82) is 0 Å². The van der Waals surface area contributed by atoms with Gasteiger partial charge in [0.15, 0.2) is 0 Å². The molecule has 2 atom stereocenters. The molecular weight excluding hydrogens is 231 g/mol. The molecule has 0 spiro atoms. The van der Waals surface area contributed by atoms with Crippen LogP contribution in [0, 0.1) is 0 Å². The second kappa shape index (κ2) is 4.31. The predicted molar refractivity (Wildman–Crippen MR) is 57.4 cm³/mol. The van der Waals surface area contributed by atoms with Gasteiger partial charge in [-0.2, -0.15) is 13.2 Å². The molecule has 1 aromatic carbocycles. The zero-order valence-corrected chi connectivity index (χ0v) is 9.17. The topological polar surface area (TPSA) is 32.3 Å². The summed E-state index contributed by atoms with van der Waals surface area (Å²) in [5, 5.41) is 12.9. The second-order valence-corrected chi connectivity index (χ2v) is 4.28. The van der Waals surface area contributed by atoms with Crippen molar-refractivity contribution in [3.8, 4) is 0 Å². The fourth-order valence-corrected chi connectivity index (χ4v) is 2.30. The molecule has 1 saturated heterocycles. The fourth-order valence-electron chi connectivity index (χ4n) is 2.30. The Hall–Kier alpha value is -1.07. The van der Waals surface area contributed by atoms with Gasteiger partial charge in [-0.1, -0.05) is 30.3 Å². The van der Waals surface area contributed by atoms with E-state index in [1.807, 2.05) is 0 Å². The lowest BCUT2D eigenvalue weighted by Crippen LogP contribution is -2.55. The number of nitrogens with one attached hydrogen (secondary N) is 1. The van der Waals surface area contributed by atoms with E-state index in [2.05, 4.69) is 5.32 Å². The van der Waals surface area contributed by atoms with Gasteiger partial charge in [-0.25, -0.2) is 0 Å². The SMILES string of the molecule is O[C@](c1ccccc1)([C@@H]1CCCN1)C(F)(F)F. The molecule has 1 aromatic rings. The van der Waals surface area contributed by atoms with E-state index in [0.29, 0.717) is 19.4 Å². The molecule has 2 rings (SSSR count). The highest BCUT2D eigenvalue weighted by molar-refractivity contribution is 5.27. The highest BCUT2D eigenvalue weighted by Crippen LogP contribution is 2.43. The molecule has 0 radical (unpaired) electrons. The number of aliphatic hydroxyl groups is 1. The van der Waals surface area contributed by atoms with Crippen LogP contribution in [0.1, 0.15) is 18.4 Å². The number of benzene rings is 1. The van der Waals surface area contributed by atoms with E-state index < -0.39 is 17.8 Å². The Kier molecular flexibility index (Phi) is 3.14. The first-order valence-electron chi connectivity index (χ1n) is 5.54. The number of halogens is 3. The largest absolute Gasteiger partial charge is 0.423 e. The van der Waals surface area contributed by atoms with Crippen molar-refractivity contribution in [3.63, 3.8) is 0 Å². The molecule has 2 nitrogen and oxygen atoms in total. The van der Waals surface area contributed by atoms with E-state index in [1.54, 1.807) is 6.07 Å². The smallest absolute Gasteiger partial charge is 0.375 e. The summed E-state index contributed by atoms with van der Waals surface area (Å²) in [6, 6.07) is 6.29. The molecule has 17 heavy (non-hydrogen) atoms. The first-order valence-corrected chi connectivity index (χ1v) is 5.54. The summed E-state index contributed by atoms with van der Waals surface area (Å²) < 4.78 is 39.5. The van der Waals surface area contributed by atoms with Crippen molar-refractivity contribution in [3.05, 3.63) is 35.9 Å². The van der Waals surface area contributed by atoms with E-state index in [9.17, 15) is 18.3 Å². The third kappa shape index (κ3) is 2.05. The van der Waals surface area contributed by atoms with E-state index in [1.165, 1.54) is 24.3 Å². The second-order valence-electron chi connectivity index (χ2n) is 4.28. The molecule has 5 heteroatoms. The standard InChI is InChI=1S/C12H14F3NO/c13-12(14,15)11(17,10-7-4-8-16-10)9-5-2-1-3-6-9/h1-3,5-6,10,16-17H,4,7-8H2/t10-,11+/m0/s1. The van der Waals surface area contributed by atoms with Crippen LogP contribution in [0.2, 0.25) is 0 Å². The van der Waals surface area contributed by atoms with Crippen molar-refractivity contribution in [2.45, 2.75) is 30.7 Å². The van der Waals surface area contributed by atoms with Crippen LogP contribution in [0.15, 0.2) is 30.3 Å². The summed E-state index contributed by atoms with van der Waals surface area (Å²) in [6.45, 7) is 0.510. The molecule has 0 amide bonds. The molecule has 1 heterocycles. The van der Waals surface area contributed by atoms with Gasteiger partial charge in [-0.15, -0.1) is 0 Å². The van der Waals surface area contributed by atoms with E-state index >= 15 is 0 Å². The van der Waals surface area contributed by atoms with Gasteiger partial charge in [0, 0.05) is 6.04 Å². The monoisotopic (exact) mass is 245 g/mol. The van der Waals surface area contributed by atoms with Crippen molar-refractivity contribution >= 4 is 0 Å². The molecule has 0 unspecified atom stereocenters. The van der Waals surface area contributed by atoms with Crippen LogP contribution in [-0.2, 0) is 5.60 Å². The van der Waals surface area contributed by atoms with E-state index in [0.717, 1.165) is 0 Å². The number of hydrogen-bond donors (Lipinski definition) is 2. The lowest BCUT2D eigenvalue weighted by atomic mass is 9.85. The first kappa shape index (κ1) is 12.4. The van der Waals surface area contributed by atoms with Gasteiger partial charge in [0.2, 0.25) is 5.60 Å². The lowest BCUT2D eigenvalue weighted by Gasteiger charge is -2.36. The fraction of sp³-hybridized carbons (Fsp3) is 0.500. The average Bonchev–Trinajstić information content (AvgIpc) is 2.81. The molecule has 2 N–H and O–H groups in total. The van der Waals surface area contributed by atoms with Gasteiger partial charge < -0.3 is 10.4 Å². The normalized spacial score (nSPS) is 24.6. The summed E-state index contributed by atoms with van der Waals surface area (Å²) in [4.78, 5) is 0. The van der Waals surface area contributed by atoms with Crippen molar-refractivity contribution < 1.29 is 18.3 Å². The Morgan fingerprint density at radius 1 is 1.18 bits per heavy atom. The van der Waals surface area contributed by atoms with Gasteiger partial charge in [-0.05, 0) is 24.9 Å². The maximum atomic E-state index is 13.2. The van der Waals surface area contributed by atoms with Crippen molar-refractivity contribution in [2.24, 2.45) is 0 Å². The molecule has 1 fully saturated rings. The summed E-state index contributed by atoms with van der Waals surface area (Å²) in [5.74, 6) is 0. The third-order valence-corrected chi connectivity index (χ3v) is 3.21. The van der Waals surface area contributed by atoms with Crippen LogP contribution < -0.4 is 5.32 Å². The van der Waals surface area contributed by atoms with Gasteiger partial charge >= 0.3 is 6.18 Å². The molecule has 0 saturated carbocycles. The van der Waals surface area contributed by atoms with Crippen LogP contribution in [0.4, 0.5) is 13.2 Å². The Bertz CT molecular complexity index is 373. The molecule has 0 aliphatic carbocycles. The summed E-state index contributed by atoms with van der Waals surface area (Å²) in [5.41, 5.74) is -2.91. The molecular formula is C12H14F3NO. The number of alkyl halides is 3. The van der Waals surface area contributed by atoms with E-state index in [4.69, 9.17) is 0 Å². The quantitative estimate of drug-likeness (QED) is 0.837. The molecule has 1 aliphatic rings. The average molecular weight is 245 g/mol. The number of rotatable bonds is 2. The summed E-state index contributed by atoms with van der Waals surface area (Å²) in [7, 11) is 0. The van der Waals surface area contributed by atoms with Crippen molar-refractivity contribution in [2.75, 3.05) is 6.54 Å². The maximum Gasteiger partial charge on any atom is 0.423 e. The number of hydrogen-bond acceptors (Lipinski definition) is 2. The van der Waals surface area contributed by atoms with Gasteiger partial charge in [0.1, 0.15) is 0 Å². The Balaban J connectivity index is 2.44. The third-order valence-electron chi connectivity index (χ3n) is 3.21. The minimum atomic E-state index is -4.68. The summed E-state index contributed by atoms with van der Waals surface area (Å²) >= 11 is 0. The molecule has 0 aromatic heterocycles. The predicted octanol–water partition coefficient (Wildman–Crippen LogP) is 2.19. The zero-order chi connectivity index (χ0) is 12.5. The minimum Gasteiger partial charge on any atom is -0.375 e. The van der Waals surface area contributed by atoms with Crippen LogP contribution in [0.5, 0.6) is 0 Å². The van der Waals surface area contributed by atoms with Gasteiger partial charge in [0.25, 0.3) is 0 Å². The Morgan fingerprint density at radius 3 is 2.29 bits per heavy atom. The highest BCUT2D eigenvalue weighted by Gasteiger charge is 2.59. The van der Waals surface area contributed by atoms with Gasteiger partial charge in [0.05, 0.1) is 0 Å². The van der Waals surface area contributed by atoms with Gasteiger partial charge in [-0.3, -0.25) is 0 Å². The summed E-state index contributed by atoms with van der Waals surface area (Å²) in [6.07, 6.45) is -3.71. The van der Waals surface area contributed by atoms with Crippen molar-refractivity contribution in [1.82, 2.24) is 5.32 Å².